The molecular weight excluding hydrogens is 453 g/mol. The van der Waals surface area contributed by atoms with Gasteiger partial charge < -0.3 is 15.1 Å². The van der Waals surface area contributed by atoms with Gasteiger partial charge in [0.15, 0.2) is 5.96 Å². The lowest BCUT2D eigenvalue weighted by Crippen LogP contribution is -2.39. The summed E-state index contributed by atoms with van der Waals surface area (Å²) in [5, 5.41) is 11.3. The lowest BCUT2D eigenvalue weighted by molar-refractivity contribution is 0.506. The Morgan fingerprint density at radius 3 is 2.59 bits per heavy atom. The minimum Gasteiger partial charge on any atom is -0.469 e. The first-order chi connectivity index (χ1) is 12.6. The number of unbranched alkanes of at least 4 members (excludes halogenated alkanes) is 1. The van der Waals surface area contributed by atoms with Gasteiger partial charge in [0.05, 0.1) is 12.0 Å². The van der Waals surface area contributed by atoms with Crippen LogP contribution in [0.2, 0.25) is 0 Å². The molecule has 0 aliphatic heterocycles. The predicted octanol–water partition coefficient (Wildman–Crippen LogP) is 3.76. The molecule has 0 aliphatic carbocycles. The van der Waals surface area contributed by atoms with Gasteiger partial charge in [0.25, 0.3) is 0 Å². The van der Waals surface area contributed by atoms with Crippen LogP contribution < -0.4 is 10.6 Å². The summed E-state index contributed by atoms with van der Waals surface area (Å²) in [5.41, 5.74) is 3.74. The first-order valence-corrected chi connectivity index (χ1v) is 9.65. The van der Waals surface area contributed by atoms with Crippen LogP contribution in [0.15, 0.2) is 27.8 Å². The smallest absolute Gasteiger partial charge is 0.191 e. The molecule has 7 heteroatoms. The maximum atomic E-state index is 5.38. The van der Waals surface area contributed by atoms with E-state index in [1.165, 1.54) is 17.7 Å². The summed E-state index contributed by atoms with van der Waals surface area (Å²) in [6.45, 7) is 8.97. The number of guanidine groups is 1. The van der Waals surface area contributed by atoms with Crippen LogP contribution in [0.3, 0.4) is 0 Å². The SMILES string of the molecule is CCCCNC(=NCCCc1c(C)nn(C)c1C)NCCc1ccco1.I. The third-order valence-corrected chi connectivity index (χ3v) is 4.58. The van der Waals surface area contributed by atoms with Crippen LogP contribution in [-0.4, -0.2) is 35.4 Å². The molecule has 0 fully saturated rings. The zero-order valence-electron chi connectivity index (χ0n) is 17.0. The molecule has 0 amide bonds. The third kappa shape index (κ3) is 7.94. The molecule has 2 heterocycles. The van der Waals surface area contributed by atoms with E-state index in [1.54, 1.807) is 6.26 Å². The van der Waals surface area contributed by atoms with Crippen molar-refractivity contribution in [3.8, 4) is 0 Å². The molecule has 0 atom stereocenters. The van der Waals surface area contributed by atoms with Crippen LogP contribution in [0.5, 0.6) is 0 Å². The number of nitrogens with zero attached hydrogens (tertiary/aromatic N) is 3. The number of furan rings is 1. The van der Waals surface area contributed by atoms with E-state index in [4.69, 9.17) is 9.41 Å². The van der Waals surface area contributed by atoms with Gasteiger partial charge in [-0.2, -0.15) is 5.10 Å². The monoisotopic (exact) mass is 487 g/mol. The Kier molecular flexibility index (Phi) is 11.2. The number of hydrogen-bond donors (Lipinski definition) is 2. The molecule has 0 unspecified atom stereocenters. The second kappa shape index (κ2) is 12.8. The molecular formula is C20H34IN5O. The Balaban J connectivity index is 0.00000364. The molecule has 6 nitrogen and oxygen atoms in total. The number of aromatic nitrogens is 2. The summed E-state index contributed by atoms with van der Waals surface area (Å²) in [6.07, 6.45) is 6.93. The molecule has 0 saturated carbocycles. The summed E-state index contributed by atoms with van der Waals surface area (Å²) in [5.74, 6) is 1.89. The highest BCUT2D eigenvalue weighted by atomic mass is 127. The van der Waals surface area contributed by atoms with Crippen LogP contribution in [0.1, 0.15) is 48.9 Å². The summed E-state index contributed by atoms with van der Waals surface area (Å²) in [4.78, 5) is 4.73. The number of aliphatic imine (C=N–C) groups is 1. The van der Waals surface area contributed by atoms with Gasteiger partial charge in [0, 0.05) is 38.8 Å². The van der Waals surface area contributed by atoms with Crippen LogP contribution >= 0.6 is 24.0 Å². The lowest BCUT2D eigenvalue weighted by atomic mass is 10.1. The van der Waals surface area contributed by atoms with E-state index in [2.05, 4.69) is 36.5 Å². The second-order valence-corrected chi connectivity index (χ2v) is 6.64. The van der Waals surface area contributed by atoms with Crippen LogP contribution in [0.25, 0.3) is 0 Å². The van der Waals surface area contributed by atoms with Crippen molar-refractivity contribution in [1.82, 2.24) is 20.4 Å². The molecule has 0 aromatic carbocycles. The molecule has 0 bridgehead atoms. The Labute approximate surface area is 180 Å². The van der Waals surface area contributed by atoms with Gasteiger partial charge in [-0.15, -0.1) is 24.0 Å². The number of nitrogens with one attached hydrogen (secondary N) is 2. The largest absolute Gasteiger partial charge is 0.469 e. The van der Waals surface area contributed by atoms with E-state index < -0.39 is 0 Å². The van der Waals surface area contributed by atoms with Crippen molar-refractivity contribution < 1.29 is 4.42 Å². The maximum Gasteiger partial charge on any atom is 0.191 e. The Morgan fingerprint density at radius 1 is 1.19 bits per heavy atom. The lowest BCUT2D eigenvalue weighted by Gasteiger charge is -2.12. The number of rotatable bonds is 10. The molecule has 0 aliphatic rings. The van der Waals surface area contributed by atoms with Gasteiger partial charge in [-0.05, 0) is 50.8 Å². The van der Waals surface area contributed by atoms with Crippen molar-refractivity contribution in [3.63, 3.8) is 0 Å². The second-order valence-electron chi connectivity index (χ2n) is 6.64. The van der Waals surface area contributed by atoms with E-state index in [0.717, 1.165) is 62.7 Å². The van der Waals surface area contributed by atoms with E-state index >= 15 is 0 Å². The highest BCUT2D eigenvalue weighted by molar-refractivity contribution is 14.0. The fourth-order valence-electron chi connectivity index (χ4n) is 2.94. The Bertz CT molecular complexity index is 679. The summed E-state index contributed by atoms with van der Waals surface area (Å²) < 4.78 is 7.34. The van der Waals surface area contributed by atoms with Gasteiger partial charge in [0.2, 0.25) is 0 Å². The molecule has 2 rings (SSSR count). The average Bonchev–Trinajstić information content (AvgIpc) is 3.21. The Morgan fingerprint density at radius 2 is 1.96 bits per heavy atom. The van der Waals surface area contributed by atoms with E-state index in [-0.39, 0.29) is 24.0 Å². The zero-order valence-corrected chi connectivity index (χ0v) is 19.4. The standard InChI is InChI=1S/C20H33N5O.HI/c1-5-6-12-21-20(23-14-11-18-9-8-15-26-18)22-13-7-10-19-16(2)24-25(4)17(19)3;/h8-9,15H,5-7,10-14H2,1-4H3,(H2,21,22,23);1H. The van der Waals surface area contributed by atoms with Gasteiger partial charge in [-0.25, -0.2) is 0 Å². The first-order valence-electron chi connectivity index (χ1n) is 9.65. The van der Waals surface area contributed by atoms with Crippen molar-refractivity contribution in [1.29, 1.82) is 0 Å². The fraction of sp³-hybridized carbons (Fsp3) is 0.600. The van der Waals surface area contributed by atoms with Crippen LogP contribution in [0, 0.1) is 13.8 Å². The Hall–Kier alpha value is -1.51. The highest BCUT2D eigenvalue weighted by Crippen LogP contribution is 2.13. The first kappa shape index (κ1) is 23.5. The summed E-state index contributed by atoms with van der Waals surface area (Å²) in [6, 6.07) is 3.92. The van der Waals surface area contributed by atoms with Crippen LogP contribution in [0.4, 0.5) is 0 Å². The van der Waals surface area contributed by atoms with E-state index in [1.807, 2.05) is 23.9 Å². The number of hydrogen-bond acceptors (Lipinski definition) is 3. The maximum absolute atomic E-state index is 5.38. The summed E-state index contributed by atoms with van der Waals surface area (Å²) in [7, 11) is 2.00. The number of halogens is 1. The molecule has 2 aromatic heterocycles. The van der Waals surface area contributed by atoms with E-state index in [9.17, 15) is 0 Å². The minimum absolute atomic E-state index is 0. The van der Waals surface area contributed by atoms with Gasteiger partial charge in [-0.3, -0.25) is 9.67 Å². The van der Waals surface area contributed by atoms with Gasteiger partial charge in [-0.1, -0.05) is 13.3 Å². The van der Waals surface area contributed by atoms with Crippen molar-refractivity contribution in [2.75, 3.05) is 19.6 Å². The van der Waals surface area contributed by atoms with Gasteiger partial charge >= 0.3 is 0 Å². The van der Waals surface area contributed by atoms with Gasteiger partial charge in [0.1, 0.15) is 5.76 Å². The number of aryl methyl sites for hydroxylation is 2. The average molecular weight is 487 g/mol. The quantitative estimate of drug-likeness (QED) is 0.232. The molecule has 152 valence electrons. The van der Waals surface area contributed by atoms with Crippen molar-refractivity contribution in [3.05, 3.63) is 41.1 Å². The highest BCUT2D eigenvalue weighted by Gasteiger charge is 2.08. The van der Waals surface area contributed by atoms with Crippen molar-refractivity contribution >= 4 is 29.9 Å². The molecule has 0 saturated heterocycles. The fourth-order valence-corrected chi connectivity index (χ4v) is 2.94. The van der Waals surface area contributed by atoms with E-state index in [0.29, 0.717) is 0 Å². The minimum atomic E-state index is 0. The molecule has 27 heavy (non-hydrogen) atoms. The molecule has 0 spiro atoms. The predicted molar refractivity (Wildman–Crippen MR) is 122 cm³/mol. The molecule has 0 radical (unpaired) electrons. The normalized spacial score (nSPS) is 11.3. The van der Waals surface area contributed by atoms with Crippen molar-refractivity contribution in [2.45, 2.75) is 52.9 Å². The topological polar surface area (TPSA) is 67.4 Å². The zero-order chi connectivity index (χ0) is 18.8. The van der Waals surface area contributed by atoms with Crippen molar-refractivity contribution in [2.24, 2.45) is 12.0 Å². The molecule has 2 aromatic rings. The third-order valence-electron chi connectivity index (χ3n) is 4.58. The molecule has 2 N–H and O–H groups in total. The van der Waals surface area contributed by atoms with Crippen LogP contribution in [-0.2, 0) is 19.9 Å². The summed E-state index contributed by atoms with van der Waals surface area (Å²) >= 11 is 0.